The van der Waals surface area contributed by atoms with Crippen molar-refractivity contribution in [1.82, 2.24) is 0 Å². The van der Waals surface area contributed by atoms with Gasteiger partial charge in [-0.3, -0.25) is 4.79 Å². The Bertz CT molecular complexity index is 730. The van der Waals surface area contributed by atoms with Crippen LogP contribution in [0.25, 0.3) is 0 Å². The zero-order valence-corrected chi connectivity index (χ0v) is 14.5. The Morgan fingerprint density at radius 3 is 2.43 bits per heavy atom. The number of nitrogens with one attached hydrogen (secondary N) is 1. The van der Waals surface area contributed by atoms with Gasteiger partial charge in [0.15, 0.2) is 0 Å². The number of hydrogen-bond acceptors (Lipinski definition) is 2. The zero-order valence-electron chi connectivity index (χ0n) is 13.0. The predicted octanol–water partition coefficient (Wildman–Crippen LogP) is 5.29. The molecule has 1 heterocycles. The fraction of sp³-hybridized carbons (Fsp3) is 0.278. The standard InChI is InChI=1S/C18H18Cl2N2O/c1-11-9-17(21-15-6-3-13(19)4-7-15)16-10-14(20)5-8-18(16)22(11)12(2)23/h3-8,10-11,17,21H,9H2,1-2H3/t11-,17+/m1/s1. The largest absolute Gasteiger partial charge is 0.378 e. The summed E-state index contributed by atoms with van der Waals surface area (Å²) in [4.78, 5) is 13.9. The fourth-order valence-corrected chi connectivity index (χ4v) is 3.51. The highest BCUT2D eigenvalue weighted by Gasteiger charge is 2.32. The van der Waals surface area contributed by atoms with E-state index in [4.69, 9.17) is 23.2 Å². The van der Waals surface area contributed by atoms with E-state index in [1.165, 1.54) is 0 Å². The number of benzene rings is 2. The van der Waals surface area contributed by atoms with Gasteiger partial charge in [-0.15, -0.1) is 0 Å². The molecule has 2 aromatic carbocycles. The number of carbonyl (C=O) groups is 1. The fourth-order valence-electron chi connectivity index (χ4n) is 3.20. The summed E-state index contributed by atoms with van der Waals surface area (Å²) in [7, 11) is 0. The Balaban J connectivity index is 1.98. The zero-order chi connectivity index (χ0) is 16.6. The number of fused-ring (bicyclic) bond motifs is 1. The molecule has 0 aromatic heterocycles. The van der Waals surface area contributed by atoms with E-state index in [2.05, 4.69) is 12.2 Å². The van der Waals surface area contributed by atoms with E-state index in [1.54, 1.807) is 6.92 Å². The maximum Gasteiger partial charge on any atom is 0.224 e. The molecule has 0 saturated heterocycles. The van der Waals surface area contributed by atoms with Crippen molar-refractivity contribution in [2.75, 3.05) is 10.2 Å². The first kappa shape index (κ1) is 16.2. The van der Waals surface area contributed by atoms with E-state index < -0.39 is 0 Å². The van der Waals surface area contributed by atoms with Crippen molar-refractivity contribution in [2.45, 2.75) is 32.4 Å². The van der Waals surface area contributed by atoms with Gasteiger partial charge in [0.25, 0.3) is 0 Å². The van der Waals surface area contributed by atoms with Crippen LogP contribution >= 0.6 is 23.2 Å². The number of amides is 1. The lowest BCUT2D eigenvalue weighted by Gasteiger charge is -2.39. The molecule has 0 bridgehead atoms. The summed E-state index contributed by atoms with van der Waals surface area (Å²) < 4.78 is 0. The smallest absolute Gasteiger partial charge is 0.224 e. The Morgan fingerprint density at radius 2 is 1.78 bits per heavy atom. The molecule has 0 aliphatic carbocycles. The van der Waals surface area contributed by atoms with Crippen molar-refractivity contribution in [2.24, 2.45) is 0 Å². The van der Waals surface area contributed by atoms with Gasteiger partial charge in [0.2, 0.25) is 5.91 Å². The molecule has 3 nitrogen and oxygen atoms in total. The van der Waals surface area contributed by atoms with Crippen LogP contribution in [0.5, 0.6) is 0 Å². The maximum atomic E-state index is 12.0. The van der Waals surface area contributed by atoms with Gasteiger partial charge in [-0.2, -0.15) is 0 Å². The Labute approximate surface area is 146 Å². The van der Waals surface area contributed by atoms with Crippen molar-refractivity contribution in [3.05, 3.63) is 58.1 Å². The van der Waals surface area contributed by atoms with Crippen LogP contribution in [0.1, 0.15) is 31.9 Å². The minimum atomic E-state index is 0.0472. The van der Waals surface area contributed by atoms with Crippen LogP contribution in [-0.4, -0.2) is 11.9 Å². The van der Waals surface area contributed by atoms with Crippen LogP contribution in [-0.2, 0) is 4.79 Å². The van der Waals surface area contributed by atoms with E-state index >= 15 is 0 Å². The van der Waals surface area contributed by atoms with Crippen molar-refractivity contribution >= 4 is 40.5 Å². The summed E-state index contributed by atoms with van der Waals surface area (Å²) in [6.07, 6.45) is 0.815. The number of halogens is 2. The van der Waals surface area contributed by atoms with Crippen molar-refractivity contribution < 1.29 is 4.79 Å². The molecule has 2 atom stereocenters. The Morgan fingerprint density at radius 1 is 1.13 bits per heavy atom. The molecule has 3 rings (SSSR count). The lowest BCUT2D eigenvalue weighted by molar-refractivity contribution is -0.117. The van der Waals surface area contributed by atoms with Crippen LogP contribution < -0.4 is 10.2 Å². The summed E-state index contributed by atoms with van der Waals surface area (Å²) in [5.41, 5.74) is 2.96. The normalized spacial score (nSPS) is 20.1. The van der Waals surface area contributed by atoms with Gasteiger partial charge in [0.1, 0.15) is 0 Å². The summed E-state index contributed by atoms with van der Waals surface area (Å²) in [6, 6.07) is 13.5. The van der Waals surface area contributed by atoms with Crippen LogP contribution in [0.15, 0.2) is 42.5 Å². The quantitative estimate of drug-likeness (QED) is 0.799. The SMILES string of the molecule is CC(=O)N1c2ccc(Cl)cc2[C@@H](Nc2ccc(Cl)cc2)C[C@H]1C. The molecule has 0 spiro atoms. The molecule has 2 aromatic rings. The maximum absolute atomic E-state index is 12.0. The molecule has 23 heavy (non-hydrogen) atoms. The highest BCUT2D eigenvalue weighted by molar-refractivity contribution is 6.31. The topological polar surface area (TPSA) is 32.3 Å². The highest BCUT2D eigenvalue weighted by atomic mass is 35.5. The third kappa shape index (κ3) is 3.31. The van der Waals surface area contributed by atoms with Crippen molar-refractivity contribution in [3.63, 3.8) is 0 Å². The van der Waals surface area contributed by atoms with E-state index in [1.807, 2.05) is 47.4 Å². The minimum absolute atomic E-state index is 0.0472. The lowest BCUT2D eigenvalue weighted by atomic mass is 9.91. The lowest BCUT2D eigenvalue weighted by Crippen LogP contribution is -2.43. The molecule has 1 aliphatic heterocycles. The molecule has 0 unspecified atom stereocenters. The third-order valence-corrected chi connectivity index (χ3v) is 4.65. The second kappa shape index (κ2) is 6.42. The summed E-state index contributed by atoms with van der Waals surface area (Å²) in [5.74, 6) is 0.0472. The number of hydrogen-bond donors (Lipinski definition) is 1. The van der Waals surface area contributed by atoms with Gasteiger partial charge in [-0.25, -0.2) is 0 Å². The van der Waals surface area contributed by atoms with Crippen LogP contribution in [0.3, 0.4) is 0 Å². The Hall–Kier alpha value is -1.71. The average Bonchev–Trinajstić information content (AvgIpc) is 2.49. The van der Waals surface area contributed by atoms with Gasteiger partial charge in [-0.05, 0) is 61.4 Å². The molecule has 1 N–H and O–H groups in total. The van der Waals surface area contributed by atoms with E-state index in [0.717, 1.165) is 23.4 Å². The van der Waals surface area contributed by atoms with Gasteiger partial charge in [0, 0.05) is 34.4 Å². The number of anilines is 2. The molecule has 0 saturated carbocycles. The number of carbonyl (C=O) groups excluding carboxylic acids is 1. The first-order chi connectivity index (χ1) is 11.0. The van der Waals surface area contributed by atoms with Crippen LogP contribution in [0, 0.1) is 0 Å². The predicted molar refractivity (Wildman–Crippen MR) is 96.5 cm³/mol. The van der Waals surface area contributed by atoms with Gasteiger partial charge in [-0.1, -0.05) is 23.2 Å². The van der Waals surface area contributed by atoms with Gasteiger partial charge >= 0.3 is 0 Å². The highest BCUT2D eigenvalue weighted by Crippen LogP contribution is 2.40. The van der Waals surface area contributed by atoms with Gasteiger partial charge < -0.3 is 10.2 Å². The summed E-state index contributed by atoms with van der Waals surface area (Å²) in [5, 5.41) is 4.90. The first-order valence-corrected chi connectivity index (χ1v) is 8.32. The molecular weight excluding hydrogens is 331 g/mol. The second-order valence-corrected chi connectivity index (χ2v) is 6.75. The molecule has 1 aliphatic rings. The third-order valence-electron chi connectivity index (χ3n) is 4.17. The molecule has 120 valence electrons. The number of rotatable bonds is 2. The van der Waals surface area contributed by atoms with Crippen molar-refractivity contribution in [3.8, 4) is 0 Å². The minimum Gasteiger partial charge on any atom is -0.378 e. The molecule has 0 radical (unpaired) electrons. The average molecular weight is 349 g/mol. The first-order valence-electron chi connectivity index (χ1n) is 7.57. The van der Waals surface area contributed by atoms with Crippen LogP contribution in [0.4, 0.5) is 11.4 Å². The van der Waals surface area contributed by atoms with E-state index in [-0.39, 0.29) is 18.0 Å². The second-order valence-electron chi connectivity index (χ2n) is 5.88. The summed E-state index contributed by atoms with van der Waals surface area (Å²) in [6.45, 7) is 3.66. The molecule has 0 fully saturated rings. The molecule has 1 amide bonds. The monoisotopic (exact) mass is 348 g/mol. The van der Waals surface area contributed by atoms with E-state index in [0.29, 0.717) is 10.0 Å². The Kier molecular flexibility index (Phi) is 4.51. The van der Waals surface area contributed by atoms with Crippen molar-refractivity contribution in [1.29, 1.82) is 0 Å². The molecule has 5 heteroatoms. The van der Waals surface area contributed by atoms with E-state index in [9.17, 15) is 4.79 Å². The van der Waals surface area contributed by atoms with Gasteiger partial charge in [0.05, 0.1) is 6.04 Å². The molecular formula is C18H18Cl2N2O. The number of nitrogens with zero attached hydrogens (tertiary/aromatic N) is 1. The van der Waals surface area contributed by atoms with Crippen LogP contribution in [0.2, 0.25) is 10.0 Å². The summed E-state index contributed by atoms with van der Waals surface area (Å²) >= 11 is 12.1.